The second-order valence-corrected chi connectivity index (χ2v) is 8.23. The Morgan fingerprint density at radius 1 is 1.17 bits per heavy atom. The highest BCUT2D eigenvalue weighted by Gasteiger charge is 2.42. The summed E-state index contributed by atoms with van der Waals surface area (Å²) in [6.45, 7) is 4.61. The van der Waals surface area contributed by atoms with E-state index in [9.17, 15) is 13.9 Å². The zero-order chi connectivity index (χ0) is 16.6. The van der Waals surface area contributed by atoms with Crippen LogP contribution in [0.5, 0.6) is 0 Å². The molecule has 0 radical (unpaired) electrons. The van der Waals surface area contributed by atoms with E-state index >= 15 is 0 Å². The van der Waals surface area contributed by atoms with Crippen LogP contribution in [-0.4, -0.2) is 24.1 Å². The molecule has 0 aromatic rings. The third kappa shape index (κ3) is 3.87. The molecule has 3 rings (SSSR count). The number of allylic oxidation sites excluding steroid dienone is 4. The zero-order valence-corrected chi connectivity index (χ0v) is 14.3. The van der Waals surface area contributed by atoms with E-state index in [2.05, 4.69) is 19.9 Å². The van der Waals surface area contributed by atoms with Crippen molar-refractivity contribution in [1.29, 1.82) is 0 Å². The molecule has 0 heterocycles. The molecule has 0 spiro atoms. The topological polar surface area (TPSA) is 20.2 Å². The van der Waals surface area contributed by atoms with Gasteiger partial charge in [-0.05, 0) is 72.8 Å². The Balaban J connectivity index is 1.90. The molecule has 0 aliphatic heterocycles. The molecule has 0 amide bonds. The van der Waals surface area contributed by atoms with E-state index in [4.69, 9.17) is 0 Å². The van der Waals surface area contributed by atoms with Crippen LogP contribution in [0.1, 0.15) is 52.4 Å². The van der Waals surface area contributed by atoms with Gasteiger partial charge in [-0.2, -0.15) is 0 Å². The number of halogens is 2. The third-order valence-electron chi connectivity index (χ3n) is 5.85. The molecule has 0 aromatic heterocycles. The van der Waals surface area contributed by atoms with E-state index in [1.165, 1.54) is 12.8 Å². The molecule has 0 aromatic carbocycles. The fourth-order valence-corrected chi connectivity index (χ4v) is 4.52. The van der Waals surface area contributed by atoms with Gasteiger partial charge in [-0.25, -0.2) is 8.78 Å². The quantitative estimate of drug-likeness (QED) is 0.753. The Morgan fingerprint density at radius 2 is 1.91 bits per heavy atom. The van der Waals surface area contributed by atoms with Crippen molar-refractivity contribution in [2.45, 2.75) is 64.7 Å². The molecular formula is C20H30F2O. The first-order chi connectivity index (χ1) is 11.0. The maximum atomic E-state index is 14.5. The largest absolute Gasteiger partial charge is 0.396 e. The fraction of sp³-hybridized carbons (Fsp3) is 0.800. The van der Waals surface area contributed by atoms with Gasteiger partial charge in [0.25, 0.3) is 0 Å². The molecule has 1 saturated carbocycles. The molecule has 0 bridgehead atoms. The van der Waals surface area contributed by atoms with Gasteiger partial charge < -0.3 is 5.11 Å². The second kappa shape index (κ2) is 7.04. The highest BCUT2D eigenvalue weighted by molar-refractivity contribution is 5.40. The first-order valence-electron chi connectivity index (χ1n) is 9.30. The summed E-state index contributed by atoms with van der Waals surface area (Å²) < 4.78 is 28.0. The predicted molar refractivity (Wildman–Crippen MR) is 89.5 cm³/mol. The summed E-state index contributed by atoms with van der Waals surface area (Å²) in [5.74, 6) is 2.19. The van der Waals surface area contributed by atoms with Crippen molar-refractivity contribution in [3.63, 3.8) is 0 Å². The third-order valence-corrected chi connectivity index (χ3v) is 5.85. The Labute approximate surface area is 138 Å². The van der Waals surface area contributed by atoms with Gasteiger partial charge in [0.1, 0.15) is 12.3 Å². The van der Waals surface area contributed by atoms with Crippen LogP contribution in [0.4, 0.5) is 8.78 Å². The first-order valence-corrected chi connectivity index (χ1v) is 9.30. The summed E-state index contributed by atoms with van der Waals surface area (Å²) in [6.07, 6.45) is 6.66. The SMILES string of the molecule is CC(C)C[C@H]1C=C(C2=CC[C@H](F)C[C@@H]2F)[C@@H](C2CC2)CC1CO. The maximum absolute atomic E-state index is 14.5. The van der Waals surface area contributed by atoms with Crippen molar-refractivity contribution in [2.24, 2.45) is 29.6 Å². The van der Waals surface area contributed by atoms with E-state index in [0.717, 1.165) is 24.0 Å². The normalized spacial score (nSPS) is 38.4. The Bertz CT molecular complexity index is 478. The van der Waals surface area contributed by atoms with Crippen LogP contribution >= 0.6 is 0 Å². The minimum atomic E-state index is -1.16. The van der Waals surface area contributed by atoms with Crippen molar-refractivity contribution >= 4 is 0 Å². The lowest BCUT2D eigenvalue weighted by Crippen LogP contribution is -2.31. The van der Waals surface area contributed by atoms with Gasteiger partial charge in [0.15, 0.2) is 0 Å². The van der Waals surface area contributed by atoms with Crippen molar-refractivity contribution in [3.05, 3.63) is 23.3 Å². The average Bonchev–Trinajstić information content (AvgIpc) is 3.31. The number of alkyl halides is 2. The van der Waals surface area contributed by atoms with Crippen LogP contribution in [0.3, 0.4) is 0 Å². The summed E-state index contributed by atoms with van der Waals surface area (Å²) >= 11 is 0. The van der Waals surface area contributed by atoms with E-state index in [1.807, 2.05) is 6.08 Å². The standard InChI is InChI=1S/C20H30F2O/c1-12(2)7-14-8-19(17-6-5-16(21)10-20(17)22)18(13-3-4-13)9-15(14)11-23/h6,8,12-16,18,20,23H,3-5,7,9-11H2,1-2H3/t14-,15?,16-,18+,20-/m0/s1. The molecule has 3 aliphatic rings. The van der Waals surface area contributed by atoms with Crippen molar-refractivity contribution in [1.82, 2.24) is 0 Å². The fourth-order valence-electron chi connectivity index (χ4n) is 4.52. The molecule has 23 heavy (non-hydrogen) atoms. The molecule has 0 saturated heterocycles. The summed E-state index contributed by atoms with van der Waals surface area (Å²) in [6, 6.07) is 0. The number of rotatable bonds is 5. The lowest BCUT2D eigenvalue weighted by Gasteiger charge is -2.38. The Kier molecular flexibility index (Phi) is 5.25. The van der Waals surface area contributed by atoms with Gasteiger partial charge in [-0.3, -0.25) is 0 Å². The Hall–Kier alpha value is -0.700. The summed E-state index contributed by atoms with van der Waals surface area (Å²) in [7, 11) is 0. The van der Waals surface area contributed by atoms with Crippen molar-refractivity contribution < 1.29 is 13.9 Å². The molecule has 3 aliphatic carbocycles. The van der Waals surface area contributed by atoms with Crippen molar-refractivity contribution in [2.75, 3.05) is 6.61 Å². The van der Waals surface area contributed by atoms with E-state index in [1.54, 1.807) is 0 Å². The summed E-state index contributed by atoms with van der Waals surface area (Å²) in [5, 5.41) is 9.81. The summed E-state index contributed by atoms with van der Waals surface area (Å²) in [5.41, 5.74) is 1.92. The van der Waals surface area contributed by atoms with Crippen LogP contribution in [-0.2, 0) is 0 Å². The van der Waals surface area contributed by atoms with E-state index in [-0.39, 0.29) is 13.0 Å². The number of aliphatic hydroxyl groups is 1. The van der Waals surface area contributed by atoms with Gasteiger partial charge in [-0.15, -0.1) is 0 Å². The zero-order valence-electron chi connectivity index (χ0n) is 14.3. The van der Waals surface area contributed by atoms with Crippen LogP contribution < -0.4 is 0 Å². The van der Waals surface area contributed by atoms with E-state index in [0.29, 0.717) is 36.0 Å². The highest BCUT2D eigenvalue weighted by Crippen LogP contribution is 2.51. The molecular weight excluding hydrogens is 294 g/mol. The minimum absolute atomic E-state index is 0.0127. The molecule has 130 valence electrons. The molecule has 1 N–H and O–H groups in total. The number of hydrogen-bond donors (Lipinski definition) is 1. The average molecular weight is 324 g/mol. The van der Waals surface area contributed by atoms with Gasteiger partial charge in [0.2, 0.25) is 0 Å². The Morgan fingerprint density at radius 3 is 2.48 bits per heavy atom. The van der Waals surface area contributed by atoms with Gasteiger partial charge in [0, 0.05) is 13.0 Å². The second-order valence-electron chi connectivity index (χ2n) is 8.23. The number of aliphatic hydroxyl groups excluding tert-OH is 1. The lowest BCUT2D eigenvalue weighted by molar-refractivity contribution is 0.145. The predicted octanol–water partition coefficient (Wildman–Crippen LogP) is 5.01. The minimum Gasteiger partial charge on any atom is -0.396 e. The highest BCUT2D eigenvalue weighted by atomic mass is 19.1. The van der Waals surface area contributed by atoms with Crippen LogP contribution in [0.25, 0.3) is 0 Å². The lowest BCUT2D eigenvalue weighted by atomic mass is 9.68. The van der Waals surface area contributed by atoms with Gasteiger partial charge in [0.05, 0.1) is 0 Å². The molecule has 1 nitrogen and oxygen atoms in total. The molecule has 5 atom stereocenters. The monoisotopic (exact) mass is 324 g/mol. The van der Waals surface area contributed by atoms with Gasteiger partial charge in [-0.1, -0.05) is 26.0 Å². The van der Waals surface area contributed by atoms with Crippen molar-refractivity contribution in [3.8, 4) is 0 Å². The molecule has 1 fully saturated rings. The first kappa shape index (κ1) is 17.1. The smallest absolute Gasteiger partial charge is 0.128 e. The number of hydrogen-bond acceptors (Lipinski definition) is 1. The summed E-state index contributed by atoms with van der Waals surface area (Å²) in [4.78, 5) is 0. The van der Waals surface area contributed by atoms with E-state index < -0.39 is 12.3 Å². The van der Waals surface area contributed by atoms with Gasteiger partial charge >= 0.3 is 0 Å². The van der Waals surface area contributed by atoms with Crippen LogP contribution in [0.15, 0.2) is 23.3 Å². The van der Waals surface area contributed by atoms with Crippen LogP contribution in [0.2, 0.25) is 0 Å². The van der Waals surface area contributed by atoms with Crippen LogP contribution in [0, 0.1) is 29.6 Å². The molecule has 3 heteroatoms. The maximum Gasteiger partial charge on any atom is 0.128 e. The molecule has 1 unspecified atom stereocenters.